The maximum atomic E-state index is 5.36. The fourth-order valence-corrected chi connectivity index (χ4v) is 8.13. The molecule has 3 aliphatic rings. The summed E-state index contributed by atoms with van der Waals surface area (Å²) in [6, 6.07) is 47.1. The average Bonchev–Trinajstić information content (AvgIpc) is 3.17. The first kappa shape index (κ1) is 31.1. The second-order valence-electron chi connectivity index (χ2n) is 13.6. The molecule has 2 unspecified atom stereocenters. The van der Waals surface area contributed by atoms with Gasteiger partial charge in [-0.1, -0.05) is 176 Å². The fourth-order valence-electron chi connectivity index (χ4n) is 8.13. The Morgan fingerprint density at radius 3 is 2.08 bits per heavy atom. The molecule has 2 heteroatoms. The molecule has 0 saturated heterocycles. The van der Waals surface area contributed by atoms with Crippen molar-refractivity contribution in [3.8, 4) is 11.1 Å². The van der Waals surface area contributed by atoms with Gasteiger partial charge < -0.3 is 0 Å². The van der Waals surface area contributed by atoms with Gasteiger partial charge in [-0.25, -0.2) is 0 Å². The van der Waals surface area contributed by atoms with E-state index < -0.39 is 5.41 Å². The quantitative estimate of drug-likeness (QED) is 0.0987. The standard InChI is InChI=1S/C47H41BN/c1-33-16-9-10-23-41(33)46(49-34(2)35-17-5-3-6-18-35)37-30-28-36(29-31-37)38-19-15-22-40(32-38)47(39-20-7-4-8-21-39)42-24-11-13-26-44(42)48-45-27-14-12-25-43(45)47/h4-5,7-17,19-33,35H,3,6,18H2,1-2H3/b46-41-,49-34?. The van der Waals surface area contributed by atoms with Gasteiger partial charge in [0, 0.05) is 23.1 Å². The van der Waals surface area contributed by atoms with Gasteiger partial charge in [0.2, 0.25) is 0 Å². The van der Waals surface area contributed by atoms with Gasteiger partial charge in [0.1, 0.15) is 0 Å². The normalized spacial score (nSPS) is 20.2. The van der Waals surface area contributed by atoms with Gasteiger partial charge in [0.15, 0.2) is 7.28 Å². The van der Waals surface area contributed by atoms with E-state index in [4.69, 9.17) is 4.99 Å². The number of aliphatic imine (C=N–C) groups is 1. The largest absolute Gasteiger partial charge is 0.257 e. The molecule has 2 aliphatic carbocycles. The van der Waals surface area contributed by atoms with Gasteiger partial charge in [0.05, 0.1) is 11.1 Å². The molecule has 0 amide bonds. The van der Waals surface area contributed by atoms with E-state index in [0.29, 0.717) is 11.8 Å². The van der Waals surface area contributed by atoms with Crippen LogP contribution in [0.5, 0.6) is 0 Å². The van der Waals surface area contributed by atoms with Crippen molar-refractivity contribution in [3.05, 3.63) is 197 Å². The van der Waals surface area contributed by atoms with E-state index in [1.807, 2.05) is 0 Å². The lowest BCUT2D eigenvalue weighted by atomic mass is 9.47. The first-order valence-corrected chi connectivity index (χ1v) is 17.7. The summed E-state index contributed by atoms with van der Waals surface area (Å²) < 4.78 is 0. The minimum atomic E-state index is -0.451. The van der Waals surface area contributed by atoms with Gasteiger partial charge in [-0.2, -0.15) is 0 Å². The van der Waals surface area contributed by atoms with Crippen LogP contribution >= 0.6 is 0 Å². The lowest BCUT2D eigenvalue weighted by Crippen LogP contribution is -2.49. The Bertz CT molecular complexity index is 2100. The van der Waals surface area contributed by atoms with Crippen LogP contribution in [0.1, 0.15) is 60.9 Å². The zero-order valence-electron chi connectivity index (χ0n) is 28.4. The number of rotatable bonds is 6. The van der Waals surface area contributed by atoms with Gasteiger partial charge in [-0.15, -0.1) is 0 Å². The molecule has 5 aromatic carbocycles. The van der Waals surface area contributed by atoms with Gasteiger partial charge in [0.25, 0.3) is 0 Å². The molecular weight excluding hydrogens is 589 g/mol. The van der Waals surface area contributed by atoms with Crippen molar-refractivity contribution < 1.29 is 0 Å². The van der Waals surface area contributed by atoms with Crippen LogP contribution in [0.2, 0.25) is 0 Å². The Kier molecular flexibility index (Phi) is 8.48. The molecule has 0 saturated carbocycles. The molecule has 49 heavy (non-hydrogen) atoms. The first-order valence-electron chi connectivity index (χ1n) is 17.7. The topological polar surface area (TPSA) is 12.4 Å². The number of fused-ring (bicyclic) bond motifs is 2. The predicted molar refractivity (Wildman–Crippen MR) is 209 cm³/mol. The minimum absolute atomic E-state index is 0.308. The fraction of sp³-hybridized carbons (Fsp3) is 0.170. The van der Waals surface area contributed by atoms with Crippen LogP contribution in [0.15, 0.2) is 174 Å². The lowest BCUT2D eigenvalue weighted by Gasteiger charge is -2.42. The van der Waals surface area contributed by atoms with Crippen molar-refractivity contribution >= 4 is 29.6 Å². The summed E-state index contributed by atoms with van der Waals surface area (Å²) in [5.41, 5.74) is 14.4. The predicted octanol–water partition coefficient (Wildman–Crippen LogP) is 10.00. The number of allylic oxidation sites excluding steroid dienone is 7. The van der Waals surface area contributed by atoms with Crippen LogP contribution in [-0.4, -0.2) is 13.0 Å². The average molecular weight is 631 g/mol. The van der Waals surface area contributed by atoms with E-state index in [2.05, 4.69) is 185 Å². The number of benzene rings is 5. The monoisotopic (exact) mass is 630 g/mol. The van der Waals surface area contributed by atoms with Crippen LogP contribution in [0, 0.1) is 11.8 Å². The van der Waals surface area contributed by atoms with Crippen molar-refractivity contribution in [1.29, 1.82) is 0 Å². The zero-order valence-corrected chi connectivity index (χ0v) is 28.4. The second kappa shape index (κ2) is 13.4. The van der Waals surface area contributed by atoms with E-state index in [0.717, 1.165) is 11.3 Å². The summed E-state index contributed by atoms with van der Waals surface area (Å²) in [7, 11) is 2.34. The Morgan fingerprint density at radius 1 is 0.694 bits per heavy atom. The summed E-state index contributed by atoms with van der Waals surface area (Å²) in [4.78, 5) is 5.36. The van der Waals surface area contributed by atoms with Crippen molar-refractivity contribution in [2.45, 2.75) is 38.5 Å². The van der Waals surface area contributed by atoms with E-state index >= 15 is 0 Å². The van der Waals surface area contributed by atoms with E-state index in [9.17, 15) is 0 Å². The Balaban J connectivity index is 1.24. The molecule has 0 fully saturated rings. The summed E-state index contributed by atoms with van der Waals surface area (Å²) in [5.74, 6) is 0.719. The molecule has 0 N–H and O–H groups in total. The van der Waals surface area contributed by atoms with E-state index in [1.54, 1.807) is 0 Å². The van der Waals surface area contributed by atoms with Crippen LogP contribution in [-0.2, 0) is 5.41 Å². The van der Waals surface area contributed by atoms with Crippen LogP contribution in [0.3, 0.4) is 0 Å². The number of nitrogens with zero attached hydrogens (tertiary/aromatic N) is 1. The molecule has 1 radical (unpaired) electrons. The van der Waals surface area contributed by atoms with E-state index in [-0.39, 0.29) is 0 Å². The highest BCUT2D eigenvalue weighted by atomic mass is 14.8. The summed E-state index contributed by atoms with van der Waals surface area (Å²) in [5, 5.41) is 0. The molecular formula is C47H41BN. The Hall–Kier alpha value is -5.21. The summed E-state index contributed by atoms with van der Waals surface area (Å²) in [6.07, 6.45) is 17.0. The third-order valence-corrected chi connectivity index (χ3v) is 10.7. The van der Waals surface area contributed by atoms with Gasteiger partial charge >= 0.3 is 0 Å². The molecule has 2 atom stereocenters. The highest BCUT2D eigenvalue weighted by molar-refractivity contribution is 6.69. The molecule has 237 valence electrons. The van der Waals surface area contributed by atoms with Crippen molar-refractivity contribution in [1.82, 2.24) is 0 Å². The van der Waals surface area contributed by atoms with Crippen molar-refractivity contribution in [2.24, 2.45) is 16.8 Å². The molecule has 1 nitrogen and oxygen atoms in total. The van der Waals surface area contributed by atoms with Crippen molar-refractivity contribution in [2.75, 3.05) is 0 Å². The van der Waals surface area contributed by atoms with E-state index in [1.165, 1.54) is 74.9 Å². The van der Waals surface area contributed by atoms with Crippen LogP contribution < -0.4 is 10.9 Å². The minimum Gasteiger partial charge on any atom is -0.257 e. The highest BCUT2D eigenvalue weighted by Crippen LogP contribution is 2.46. The molecule has 0 aromatic heterocycles. The first-order chi connectivity index (χ1) is 24.1. The van der Waals surface area contributed by atoms with Gasteiger partial charge in [-0.05, 0) is 71.2 Å². The van der Waals surface area contributed by atoms with Crippen LogP contribution in [0.4, 0.5) is 0 Å². The maximum Gasteiger partial charge on any atom is 0.192 e. The highest BCUT2D eigenvalue weighted by Gasteiger charge is 2.43. The molecule has 0 spiro atoms. The summed E-state index contributed by atoms with van der Waals surface area (Å²) >= 11 is 0. The smallest absolute Gasteiger partial charge is 0.192 e. The third-order valence-electron chi connectivity index (χ3n) is 10.7. The molecule has 5 aromatic rings. The SMILES string of the molecule is CC(=N/C(=C1/C=CC=CC1C)c1ccc(-c2cccc(C3(c4ccccc4)c4ccccc4[B]c4ccccc43)c2)cc1)C1C=CCCC1. The molecule has 1 aliphatic heterocycles. The second-order valence-corrected chi connectivity index (χ2v) is 13.6. The Morgan fingerprint density at radius 2 is 1.39 bits per heavy atom. The van der Waals surface area contributed by atoms with Gasteiger partial charge in [-0.3, -0.25) is 4.99 Å². The zero-order chi connectivity index (χ0) is 33.2. The maximum absolute atomic E-state index is 5.36. The number of hydrogen-bond donors (Lipinski definition) is 0. The third kappa shape index (κ3) is 5.70. The molecule has 8 rings (SSSR count). The molecule has 0 bridgehead atoms. The molecule has 1 heterocycles. The number of hydrogen-bond acceptors (Lipinski definition) is 1. The Labute approximate surface area is 292 Å². The van der Waals surface area contributed by atoms with Crippen molar-refractivity contribution in [3.63, 3.8) is 0 Å². The lowest BCUT2D eigenvalue weighted by molar-refractivity contribution is 0.653. The summed E-state index contributed by atoms with van der Waals surface area (Å²) in [6.45, 7) is 4.47. The van der Waals surface area contributed by atoms with Crippen LogP contribution in [0.25, 0.3) is 16.8 Å².